The maximum atomic E-state index is 16.2. The van der Waals surface area contributed by atoms with Crippen molar-refractivity contribution in [1.29, 1.82) is 0 Å². The monoisotopic (exact) mass is 713 g/mol. The second kappa shape index (κ2) is 14.9. The van der Waals surface area contributed by atoms with Crippen LogP contribution in [0.1, 0.15) is 43.9 Å². The topological polar surface area (TPSA) is 114 Å². The largest absolute Gasteiger partial charge is 0.497 e. The molecular weight excluding hydrogens is 675 g/mol. The summed E-state index contributed by atoms with van der Waals surface area (Å²) >= 11 is 0. The maximum absolute atomic E-state index is 16.2. The van der Waals surface area contributed by atoms with Crippen molar-refractivity contribution in [3.05, 3.63) is 101 Å². The average Bonchev–Trinajstić information content (AvgIpc) is 3.03. The van der Waals surface area contributed by atoms with Gasteiger partial charge in [-0.25, -0.2) is 40.7 Å². The molecule has 1 saturated heterocycles. The predicted octanol–water partition coefficient (Wildman–Crippen LogP) is 6.45. The van der Waals surface area contributed by atoms with Crippen LogP contribution in [-0.4, -0.2) is 62.3 Å². The number of carbonyl (C=O) groups is 1. The van der Waals surface area contributed by atoms with Gasteiger partial charge in [-0.1, -0.05) is 12.1 Å². The first-order chi connectivity index (χ1) is 23.7. The third-order valence-corrected chi connectivity index (χ3v) is 9.69. The van der Waals surface area contributed by atoms with Gasteiger partial charge in [0.2, 0.25) is 5.95 Å². The Morgan fingerprint density at radius 3 is 2.14 bits per heavy atom. The minimum atomic E-state index is -5.06. The first kappa shape index (κ1) is 36.4. The lowest BCUT2D eigenvalue weighted by Gasteiger charge is -2.32. The Morgan fingerprint density at radius 1 is 0.880 bits per heavy atom. The van der Waals surface area contributed by atoms with E-state index in [0.29, 0.717) is 39.9 Å². The summed E-state index contributed by atoms with van der Waals surface area (Å²) in [5, 5.41) is 0. The van der Waals surface area contributed by atoms with E-state index in [0.717, 1.165) is 24.4 Å². The lowest BCUT2D eigenvalue weighted by atomic mass is 10.0. The second-order valence-electron chi connectivity index (χ2n) is 12.6. The van der Waals surface area contributed by atoms with Crippen LogP contribution >= 0.6 is 0 Å². The average molecular weight is 714 g/mol. The first-order valence-electron chi connectivity index (χ1n) is 15.7. The fraction of sp³-hybridized carbons (Fsp3) is 0.343. The highest BCUT2D eigenvalue weighted by atomic mass is 32.2. The number of ether oxygens (including phenoxy) is 3. The minimum absolute atomic E-state index is 0.128. The van der Waals surface area contributed by atoms with Gasteiger partial charge in [0, 0.05) is 36.1 Å². The summed E-state index contributed by atoms with van der Waals surface area (Å²) in [7, 11) is -2.23. The number of nitrogens with zero attached hydrogens (tertiary/aromatic N) is 5. The van der Waals surface area contributed by atoms with Gasteiger partial charge in [0.05, 0.1) is 33.0 Å². The Bertz CT molecular complexity index is 1930. The van der Waals surface area contributed by atoms with Gasteiger partial charge < -0.3 is 14.2 Å². The number of anilines is 2. The Labute approximate surface area is 289 Å². The molecule has 0 N–H and O–H groups in total. The number of carbonyl (C=O) groups excluding carboxylic acids is 1. The summed E-state index contributed by atoms with van der Waals surface area (Å²) < 4.78 is 92.8. The Kier molecular flexibility index (Phi) is 10.9. The van der Waals surface area contributed by atoms with E-state index in [4.69, 9.17) is 14.2 Å². The number of methoxy groups -OCH3 is 2. The number of amides is 1. The van der Waals surface area contributed by atoms with Gasteiger partial charge in [0.15, 0.2) is 4.90 Å². The molecule has 15 heteroatoms. The van der Waals surface area contributed by atoms with E-state index in [-0.39, 0.29) is 22.9 Å². The van der Waals surface area contributed by atoms with Crippen molar-refractivity contribution in [3.8, 4) is 11.5 Å². The number of likely N-dealkylation sites (tertiary alicyclic amines) is 1. The molecule has 3 aromatic carbocycles. The molecule has 0 bridgehead atoms. The number of hydrogen-bond acceptors (Lipinski definition) is 9. The van der Waals surface area contributed by atoms with E-state index in [1.165, 1.54) is 50.9 Å². The molecule has 5 rings (SSSR count). The predicted molar refractivity (Wildman–Crippen MR) is 180 cm³/mol. The highest BCUT2D eigenvalue weighted by Gasteiger charge is 2.36. The van der Waals surface area contributed by atoms with Crippen LogP contribution in [-0.2, 0) is 34.4 Å². The number of halogens is 3. The number of rotatable bonds is 12. The van der Waals surface area contributed by atoms with Crippen molar-refractivity contribution in [2.45, 2.75) is 57.3 Å². The van der Waals surface area contributed by atoms with Crippen LogP contribution in [0.2, 0.25) is 0 Å². The van der Waals surface area contributed by atoms with Crippen LogP contribution in [0.4, 0.5) is 29.6 Å². The van der Waals surface area contributed by atoms with Crippen molar-refractivity contribution in [3.63, 3.8) is 0 Å². The molecule has 0 saturated carbocycles. The molecule has 4 aromatic rings. The van der Waals surface area contributed by atoms with Crippen molar-refractivity contribution >= 4 is 27.8 Å². The van der Waals surface area contributed by atoms with E-state index in [9.17, 15) is 13.2 Å². The van der Waals surface area contributed by atoms with Gasteiger partial charge in [-0.2, -0.15) is 0 Å². The zero-order valence-corrected chi connectivity index (χ0v) is 29.1. The van der Waals surface area contributed by atoms with Gasteiger partial charge in [-0.3, -0.25) is 9.80 Å². The quantitative estimate of drug-likeness (QED) is 0.163. The molecule has 1 aliphatic rings. The standard InChI is InChI=1S/C35H38F3N5O6S/c1-35(2,3)49-34(44)42(22-27-23(9-6-10-28(27)36)20-41-15-8-16-41)25-17-29(37)32(30(38)18-25)50(45,46)43(33-39-13-7-14-40-33)21-24-11-12-26(47-4)19-31(24)48-5/h6-7,9-14,17-19H,8,15-16,20-22H2,1-5H3. The summed E-state index contributed by atoms with van der Waals surface area (Å²) in [5.41, 5.74) is -0.374. The maximum Gasteiger partial charge on any atom is 0.415 e. The first-order valence-corrected chi connectivity index (χ1v) is 17.1. The van der Waals surface area contributed by atoms with Crippen LogP contribution < -0.4 is 18.7 Å². The molecule has 1 aromatic heterocycles. The molecule has 1 fully saturated rings. The number of benzene rings is 3. The summed E-state index contributed by atoms with van der Waals surface area (Å²) in [4.78, 5) is 23.3. The van der Waals surface area contributed by atoms with Gasteiger partial charge in [0.1, 0.15) is 34.6 Å². The highest BCUT2D eigenvalue weighted by molar-refractivity contribution is 7.92. The van der Waals surface area contributed by atoms with Crippen LogP contribution in [0.15, 0.2) is 71.9 Å². The van der Waals surface area contributed by atoms with Crippen molar-refractivity contribution < 1.29 is 40.6 Å². The molecule has 1 aliphatic heterocycles. The van der Waals surface area contributed by atoms with Crippen LogP contribution in [0.25, 0.3) is 0 Å². The Morgan fingerprint density at radius 2 is 1.56 bits per heavy atom. The van der Waals surface area contributed by atoms with E-state index in [2.05, 4.69) is 14.9 Å². The minimum Gasteiger partial charge on any atom is -0.497 e. The fourth-order valence-electron chi connectivity index (χ4n) is 5.33. The molecule has 11 nitrogen and oxygen atoms in total. The molecule has 0 atom stereocenters. The third-order valence-electron chi connectivity index (χ3n) is 7.91. The summed E-state index contributed by atoms with van der Waals surface area (Å²) in [6.07, 6.45) is 2.55. The van der Waals surface area contributed by atoms with E-state index < -0.39 is 57.2 Å². The van der Waals surface area contributed by atoms with Crippen LogP contribution in [0, 0.1) is 17.5 Å². The van der Waals surface area contributed by atoms with Gasteiger partial charge in [0.25, 0.3) is 10.0 Å². The summed E-state index contributed by atoms with van der Waals surface area (Å²) in [6.45, 7) is 5.96. The van der Waals surface area contributed by atoms with Crippen molar-refractivity contribution in [2.24, 2.45) is 0 Å². The number of hydrogen-bond donors (Lipinski definition) is 0. The molecule has 266 valence electrons. The van der Waals surface area contributed by atoms with Crippen LogP contribution in [0.5, 0.6) is 11.5 Å². The third kappa shape index (κ3) is 8.11. The molecule has 0 aliphatic carbocycles. The normalized spacial score (nSPS) is 13.4. The van der Waals surface area contributed by atoms with Gasteiger partial charge in [-0.15, -0.1) is 0 Å². The smallest absolute Gasteiger partial charge is 0.415 e. The van der Waals surface area contributed by atoms with E-state index in [1.807, 2.05) is 0 Å². The van der Waals surface area contributed by atoms with E-state index in [1.54, 1.807) is 39.0 Å². The molecule has 0 radical (unpaired) electrons. The summed E-state index contributed by atoms with van der Waals surface area (Å²) in [6, 6.07) is 12.0. The van der Waals surface area contributed by atoms with Crippen LogP contribution in [0.3, 0.4) is 0 Å². The number of aromatic nitrogens is 2. The molecule has 0 unspecified atom stereocenters. The second-order valence-corrected chi connectivity index (χ2v) is 14.3. The fourth-order valence-corrected chi connectivity index (χ4v) is 6.77. The van der Waals surface area contributed by atoms with E-state index >= 15 is 13.2 Å². The molecular formula is C35H38F3N5O6S. The highest BCUT2D eigenvalue weighted by Crippen LogP contribution is 2.34. The lowest BCUT2D eigenvalue weighted by molar-refractivity contribution is 0.0577. The van der Waals surface area contributed by atoms with Gasteiger partial charge in [-0.05, 0) is 82.2 Å². The zero-order valence-electron chi connectivity index (χ0n) is 28.3. The molecule has 0 spiro atoms. The van der Waals surface area contributed by atoms with Gasteiger partial charge >= 0.3 is 6.09 Å². The molecule has 2 heterocycles. The lowest BCUT2D eigenvalue weighted by Crippen LogP contribution is -2.39. The number of sulfonamides is 1. The Hall–Kier alpha value is -4.89. The molecule has 1 amide bonds. The summed E-state index contributed by atoms with van der Waals surface area (Å²) in [5.74, 6) is -3.33. The SMILES string of the molecule is COc1ccc(CN(c2ncccn2)S(=O)(=O)c2c(F)cc(N(Cc3c(F)cccc3CN3CCC3)C(=O)OC(C)(C)C)cc2F)c(OC)c1. The molecule has 50 heavy (non-hydrogen) atoms. The van der Waals surface area contributed by atoms with Crippen molar-refractivity contribution in [2.75, 3.05) is 36.5 Å². The zero-order chi connectivity index (χ0) is 36.2. The van der Waals surface area contributed by atoms with Crippen molar-refractivity contribution in [1.82, 2.24) is 14.9 Å². The Balaban J connectivity index is 1.58.